The molecule has 0 bridgehead atoms. The molecule has 2 heterocycles. The third-order valence-electron chi connectivity index (χ3n) is 4.95. The number of aromatic amines is 1. The highest BCUT2D eigenvalue weighted by molar-refractivity contribution is 9.11. The molecule has 190 valence electrons. The molecule has 1 aliphatic heterocycles. The molecule has 1 saturated heterocycles. The minimum Gasteiger partial charge on any atom is -0.480 e. The molecule has 1 aromatic heterocycles. The Bertz CT molecular complexity index is 1230. The number of aromatic nitrogens is 2. The summed E-state index contributed by atoms with van der Waals surface area (Å²) in [5, 5.41) is 32.4. The fraction of sp³-hybridized carbons (Fsp3) is 0.350. The van der Waals surface area contributed by atoms with Crippen molar-refractivity contribution < 1.29 is 38.5 Å². The minimum absolute atomic E-state index is 0.0686. The number of H-pyrrole nitrogens is 1. The van der Waals surface area contributed by atoms with E-state index in [1.807, 2.05) is 0 Å². The maximum Gasteiger partial charge on any atom is 0.459 e. The van der Waals surface area contributed by atoms with Crippen molar-refractivity contribution in [2.24, 2.45) is 0 Å². The first-order valence-corrected chi connectivity index (χ1v) is 12.6. The second-order valence-corrected chi connectivity index (χ2v) is 9.70. The number of aliphatic carboxylic acids is 1. The van der Waals surface area contributed by atoms with E-state index >= 15 is 0 Å². The van der Waals surface area contributed by atoms with Gasteiger partial charge in [-0.3, -0.25) is 23.7 Å². The van der Waals surface area contributed by atoms with Gasteiger partial charge in [0.25, 0.3) is 5.56 Å². The number of carboxylic acid groups (broad SMARTS) is 1. The lowest BCUT2D eigenvalue weighted by atomic mass is 10.1. The van der Waals surface area contributed by atoms with Crippen LogP contribution in [-0.4, -0.2) is 61.8 Å². The van der Waals surface area contributed by atoms with Gasteiger partial charge in [0.2, 0.25) is 0 Å². The molecule has 0 amide bonds. The number of aliphatic hydroxyl groups excluding tert-OH is 2. The summed E-state index contributed by atoms with van der Waals surface area (Å²) in [6.07, 6.45) is -3.41. The van der Waals surface area contributed by atoms with Crippen LogP contribution in [-0.2, 0) is 18.6 Å². The van der Waals surface area contributed by atoms with Gasteiger partial charge < -0.3 is 24.6 Å². The highest BCUT2D eigenvalue weighted by Crippen LogP contribution is 2.45. The minimum atomic E-state index is -4.31. The molecule has 35 heavy (non-hydrogen) atoms. The van der Waals surface area contributed by atoms with Gasteiger partial charge in [0, 0.05) is 6.20 Å². The van der Waals surface area contributed by atoms with Crippen molar-refractivity contribution in [1.82, 2.24) is 14.6 Å². The van der Waals surface area contributed by atoms with E-state index in [9.17, 15) is 34.3 Å². The molecule has 5 N–H and O–H groups in total. The third-order valence-corrected chi connectivity index (χ3v) is 6.86. The maximum absolute atomic E-state index is 13.3. The molecular weight excluding hydrogens is 553 g/mol. The highest BCUT2D eigenvalue weighted by atomic mass is 79.9. The lowest BCUT2D eigenvalue weighted by Crippen LogP contribution is -2.38. The number of ether oxygens (including phenoxy) is 1. The van der Waals surface area contributed by atoms with Crippen LogP contribution < -0.4 is 20.9 Å². The average Bonchev–Trinajstić information content (AvgIpc) is 3.08. The summed E-state index contributed by atoms with van der Waals surface area (Å²) in [7, 11) is -4.31. The molecule has 2 unspecified atom stereocenters. The predicted molar refractivity (Wildman–Crippen MR) is 126 cm³/mol. The quantitative estimate of drug-likeness (QED) is 0.252. The molecule has 3 rings (SSSR count). The van der Waals surface area contributed by atoms with Gasteiger partial charge in [-0.25, -0.2) is 9.36 Å². The molecule has 13 nitrogen and oxygen atoms in total. The van der Waals surface area contributed by atoms with E-state index < -0.39 is 62.2 Å². The van der Waals surface area contributed by atoms with E-state index in [-0.39, 0.29) is 11.3 Å². The summed E-state index contributed by atoms with van der Waals surface area (Å²) in [5.74, 6) is -1.19. The number of halogens is 1. The number of rotatable bonds is 10. The number of carbonyl (C=O) groups is 1. The Morgan fingerprint density at radius 1 is 1.31 bits per heavy atom. The Kier molecular flexibility index (Phi) is 8.83. The van der Waals surface area contributed by atoms with Crippen molar-refractivity contribution in [3.8, 4) is 5.75 Å². The van der Waals surface area contributed by atoms with Gasteiger partial charge in [-0.15, -0.1) is 0 Å². The van der Waals surface area contributed by atoms with Gasteiger partial charge in [0.1, 0.15) is 30.1 Å². The number of benzene rings is 1. The van der Waals surface area contributed by atoms with Crippen molar-refractivity contribution in [3.05, 3.63) is 67.9 Å². The van der Waals surface area contributed by atoms with Gasteiger partial charge in [-0.1, -0.05) is 34.1 Å². The first-order chi connectivity index (χ1) is 16.5. The second kappa shape index (κ2) is 11.4. The van der Waals surface area contributed by atoms with Crippen molar-refractivity contribution in [2.75, 3.05) is 6.61 Å². The van der Waals surface area contributed by atoms with E-state index in [1.54, 1.807) is 18.2 Å². The summed E-state index contributed by atoms with van der Waals surface area (Å²) in [5.41, 5.74) is -1.50. The molecule has 0 radical (unpaired) electrons. The van der Waals surface area contributed by atoms with Gasteiger partial charge in [-0.2, -0.15) is 5.09 Å². The lowest BCUT2D eigenvalue weighted by molar-refractivity contribution is -0.138. The summed E-state index contributed by atoms with van der Waals surface area (Å²) in [6, 6.07) is 6.53. The number of hydrogen-bond acceptors (Lipinski definition) is 9. The Labute approximate surface area is 206 Å². The largest absolute Gasteiger partial charge is 0.480 e. The molecule has 0 saturated carbocycles. The number of aliphatic hydroxyl groups is 2. The first kappa shape index (κ1) is 27.0. The number of nitrogens with zero attached hydrogens (tertiary/aromatic N) is 1. The summed E-state index contributed by atoms with van der Waals surface area (Å²) in [4.78, 5) is 38.9. The van der Waals surface area contributed by atoms with Crippen molar-refractivity contribution in [3.63, 3.8) is 0 Å². The molecule has 1 aliphatic rings. The van der Waals surface area contributed by atoms with Crippen LogP contribution in [0.4, 0.5) is 0 Å². The third kappa shape index (κ3) is 6.55. The van der Waals surface area contributed by atoms with Crippen LogP contribution in [0.1, 0.15) is 18.7 Å². The summed E-state index contributed by atoms with van der Waals surface area (Å²) in [6.45, 7) is 0.624. The standard InChI is InChI=1S/C20H23BrN3O10P/c1-11(19(28)29)23-35(31,34-13-5-3-2-4-6-13)32-10-14-15(25)16(26)18(33-14)24-9-12(7-8-21)17(27)22-20(24)30/h2-9,11,14-16,18,25-26H,10H2,1H3,(H,23,31)(H,28,29)(H,22,27,30)/b8-7+/t11?,14-,15-,16-,18-,35?/m1/s1. The van der Waals surface area contributed by atoms with Crippen LogP contribution in [0.25, 0.3) is 6.08 Å². The van der Waals surface area contributed by atoms with Crippen LogP contribution in [0.5, 0.6) is 5.75 Å². The number of nitrogens with one attached hydrogen (secondary N) is 2. The SMILES string of the molecule is CC(NP(=O)(OC[C@H]1O[C@@H](n2cc(/C=C/Br)c(=O)[nH]c2=O)[C@H](O)[C@@H]1O)Oc1ccccc1)C(=O)O. The zero-order valence-corrected chi connectivity index (χ0v) is 20.7. The Morgan fingerprint density at radius 3 is 2.63 bits per heavy atom. The highest BCUT2D eigenvalue weighted by Gasteiger charge is 2.45. The van der Waals surface area contributed by atoms with Gasteiger partial charge in [-0.05, 0) is 30.1 Å². The molecule has 15 heteroatoms. The molecular formula is C20H23BrN3O10P. The Hall–Kier alpha value is -2.58. The van der Waals surface area contributed by atoms with Crippen LogP contribution in [0, 0.1) is 0 Å². The molecule has 0 spiro atoms. The average molecular weight is 576 g/mol. The van der Waals surface area contributed by atoms with Crippen LogP contribution >= 0.6 is 23.7 Å². The normalized spacial score (nSPS) is 24.8. The van der Waals surface area contributed by atoms with Crippen molar-refractivity contribution in [1.29, 1.82) is 0 Å². The lowest BCUT2D eigenvalue weighted by Gasteiger charge is -2.24. The van der Waals surface area contributed by atoms with Gasteiger partial charge in [0.15, 0.2) is 6.23 Å². The molecule has 6 atom stereocenters. The monoisotopic (exact) mass is 575 g/mol. The zero-order chi connectivity index (χ0) is 25.8. The van der Waals surface area contributed by atoms with E-state index in [0.29, 0.717) is 0 Å². The van der Waals surface area contributed by atoms with E-state index in [0.717, 1.165) is 10.8 Å². The zero-order valence-electron chi connectivity index (χ0n) is 18.2. The van der Waals surface area contributed by atoms with Crippen LogP contribution in [0.15, 0.2) is 51.1 Å². The summed E-state index contributed by atoms with van der Waals surface area (Å²) < 4.78 is 30.5. The van der Waals surface area contributed by atoms with Crippen LogP contribution in [0.3, 0.4) is 0 Å². The topological polar surface area (TPSA) is 189 Å². The Balaban J connectivity index is 1.80. The van der Waals surface area contributed by atoms with E-state index in [4.69, 9.17) is 13.8 Å². The van der Waals surface area contributed by atoms with Gasteiger partial charge in [0.05, 0.1) is 12.2 Å². The molecule has 0 aliphatic carbocycles. The number of hydrogen-bond donors (Lipinski definition) is 5. The molecule has 1 aromatic carbocycles. The van der Waals surface area contributed by atoms with Crippen molar-refractivity contribution >= 4 is 35.7 Å². The second-order valence-electron chi connectivity index (χ2n) is 7.48. The fourth-order valence-corrected chi connectivity index (χ4v) is 4.94. The maximum atomic E-state index is 13.3. The number of carboxylic acids is 1. The van der Waals surface area contributed by atoms with E-state index in [2.05, 4.69) is 26.0 Å². The smallest absolute Gasteiger partial charge is 0.459 e. The molecule has 1 fully saturated rings. The summed E-state index contributed by atoms with van der Waals surface area (Å²) >= 11 is 3.03. The first-order valence-electron chi connectivity index (χ1n) is 10.2. The predicted octanol–water partition coefficient (Wildman–Crippen LogP) is 0.788. The van der Waals surface area contributed by atoms with E-state index in [1.165, 1.54) is 30.1 Å². The van der Waals surface area contributed by atoms with Crippen molar-refractivity contribution in [2.45, 2.75) is 37.5 Å². The van der Waals surface area contributed by atoms with Crippen LogP contribution in [0.2, 0.25) is 0 Å². The van der Waals surface area contributed by atoms with Gasteiger partial charge >= 0.3 is 19.4 Å². The fourth-order valence-electron chi connectivity index (χ4n) is 3.15. The number of para-hydroxylation sites is 1. The molecule has 2 aromatic rings. The Morgan fingerprint density at radius 2 is 2.00 bits per heavy atom.